The van der Waals surface area contributed by atoms with Gasteiger partial charge in [0.2, 0.25) is 0 Å². The number of quaternary nitrogens is 1. The molecule has 0 saturated carbocycles. The number of benzene rings is 3. The molecule has 0 unspecified atom stereocenters. The van der Waals surface area contributed by atoms with Gasteiger partial charge in [0.1, 0.15) is 31.2 Å². The predicted molar refractivity (Wildman–Crippen MR) is 110 cm³/mol. The summed E-state index contributed by atoms with van der Waals surface area (Å²) in [5.74, 6) is 1.71. The van der Waals surface area contributed by atoms with E-state index in [2.05, 4.69) is 29.6 Å². The molecule has 2 N–H and O–H groups in total. The number of nitrogens with two attached hydrogens (primary N) is 1. The van der Waals surface area contributed by atoms with Gasteiger partial charge in [0.15, 0.2) is 0 Å². The third kappa shape index (κ3) is 5.90. The molecule has 0 bridgehead atoms. The van der Waals surface area contributed by atoms with E-state index in [1.54, 1.807) is 13.2 Å². The zero-order valence-electron chi connectivity index (χ0n) is 15.1. The van der Waals surface area contributed by atoms with Crippen LogP contribution < -0.4 is 14.8 Å². The molecule has 0 radical (unpaired) electrons. The highest BCUT2D eigenvalue weighted by Gasteiger charge is 2.04. The van der Waals surface area contributed by atoms with Gasteiger partial charge in [0.25, 0.3) is 0 Å². The molecule has 27 heavy (non-hydrogen) atoms. The van der Waals surface area contributed by atoms with Crippen molar-refractivity contribution < 1.29 is 14.8 Å². The molecule has 0 aliphatic rings. The van der Waals surface area contributed by atoms with E-state index in [9.17, 15) is 0 Å². The van der Waals surface area contributed by atoms with E-state index in [0.717, 1.165) is 30.2 Å². The van der Waals surface area contributed by atoms with Crippen LogP contribution in [-0.4, -0.2) is 7.11 Å². The van der Waals surface area contributed by atoms with Crippen LogP contribution in [0.4, 0.5) is 0 Å². The zero-order chi connectivity index (χ0) is 19.1. The molecule has 0 aliphatic carbocycles. The first kappa shape index (κ1) is 19.6. The Bertz CT molecular complexity index is 882. The van der Waals surface area contributed by atoms with Crippen molar-refractivity contribution in [1.29, 1.82) is 0 Å². The van der Waals surface area contributed by atoms with Crippen molar-refractivity contribution in [2.75, 3.05) is 7.11 Å². The molecule has 0 fully saturated rings. The van der Waals surface area contributed by atoms with E-state index >= 15 is 0 Å². The molecular weight excluding hydrogens is 381 g/mol. The predicted octanol–water partition coefficient (Wildman–Crippen LogP) is 4.84. The molecule has 0 aromatic heterocycles. The highest BCUT2D eigenvalue weighted by molar-refractivity contribution is 6.35. The Labute approximate surface area is 169 Å². The topological polar surface area (TPSA) is 35.1 Å². The van der Waals surface area contributed by atoms with Gasteiger partial charge in [-0.3, -0.25) is 0 Å². The summed E-state index contributed by atoms with van der Waals surface area (Å²) in [6.45, 7) is 2.20. The minimum atomic E-state index is 0.412. The van der Waals surface area contributed by atoms with Crippen LogP contribution in [0.1, 0.15) is 16.7 Å². The van der Waals surface area contributed by atoms with Crippen LogP contribution in [0.3, 0.4) is 0 Å². The Morgan fingerprint density at radius 1 is 0.815 bits per heavy atom. The van der Waals surface area contributed by atoms with Gasteiger partial charge >= 0.3 is 0 Å². The number of rotatable bonds is 8. The summed E-state index contributed by atoms with van der Waals surface area (Å²) in [4.78, 5) is 0. The van der Waals surface area contributed by atoms with Crippen LogP contribution in [0.15, 0.2) is 66.7 Å². The molecular formula is C22H22Cl2NO2+. The Balaban J connectivity index is 1.52. The highest BCUT2D eigenvalue weighted by atomic mass is 35.5. The maximum absolute atomic E-state index is 6.20. The smallest absolute Gasteiger partial charge is 0.120 e. The van der Waals surface area contributed by atoms with Gasteiger partial charge in [0.05, 0.1) is 7.11 Å². The molecule has 0 saturated heterocycles. The summed E-state index contributed by atoms with van der Waals surface area (Å²) in [7, 11) is 1.68. The van der Waals surface area contributed by atoms with Gasteiger partial charge < -0.3 is 14.8 Å². The molecule has 0 spiro atoms. The van der Waals surface area contributed by atoms with Crippen molar-refractivity contribution in [3.63, 3.8) is 0 Å². The van der Waals surface area contributed by atoms with Gasteiger partial charge in [-0.2, -0.15) is 0 Å². The van der Waals surface area contributed by atoms with Crippen molar-refractivity contribution in [3.05, 3.63) is 93.5 Å². The number of hydrogen-bond acceptors (Lipinski definition) is 2. The maximum Gasteiger partial charge on any atom is 0.120 e. The van der Waals surface area contributed by atoms with Crippen LogP contribution in [0.5, 0.6) is 11.5 Å². The number of methoxy groups -OCH3 is 1. The minimum absolute atomic E-state index is 0.412. The fourth-order valence-corrected chi connectivity index (χ4v) is 3.19. The lowest BCUT2D eigenvalue weighted by atomic mass is 10.2. The fraction of sp³-hybridized carbons (Fsp3) is 0.182. The van der Waals surface area contributed by atoms with E-state index < -0.39 is 0 Å². The van der Waals surface area contributed by atoms with Crippen LogP contribution in [-0.2, 0) is 19.7 Å². The second kappa shape index (κ2) is 9.65. The fourth-order valence-electron chi connectivity index (χ4n) is 2.73. The normalized spacial score (nSPS) is 10.6. The number of ether oxygens (including phenoxy) is 2. The van der Waals surface area contributed by atoms with Crippen molar-refractivity contribution in [3.8, 4) is 11.5 Å². The molecule has 3 aromatic carbocycles. The first-order valence-electron chi connectivity index (χ1n) is 8.74. The minimum Gasteiger partial charge on any atom is -0.497 e. The van der Waals surface area contributed by atoms with Gasteiger partial charge in [-0.05, 0) is 48.5 Å². The van der Waals surface area contributed by atoms with E-state index in [-0.39, 0.29) is 0 Å². The lowest BCUT2D eigenvalue weighted by Gasteiger charge is -2.09. The third-order valence-corrected chi connectivity index (χ3v) is 4.81. The first-order chi connectivity index (χ1) is 13.1. The van der Waals surface area contributed by atoms with Crippen molar-refractivity contribution in [2.45, 2.75) is 19.7 Å². The molecule has 3 nitrogen and oxygen atoms in total. The maximum atomic E-state index is 6.20. The molecule has 0 heterocycles. The molecule has 3 rings (SSSR count). The van der Waals surface area contributed by atoms with E-state index in [4.69, 9.17) is 32.7 Å². The second-order valence-corrected chi connectivity index (χ2v) is 7.06. The Morgan fingerprint density at radius 2 is 1.59 bits per heavy atom. The summed E-state index contributed by atoms with van der Waals surface area (Å²) < 4.78 is 11.1. The SMILES string of the molecule is COc1ccc(C[NH2+]Cc2cccc(OCc3ccc(Cl)cc3Cl)c2)cc1. The lowest BCUT2D eigenvalue weighted by Crippen LogP contribution is -2.80. The van der Waals surface area contributed by atoms with Gasteiger partial charge in [-0.25, -0.2) is 0 Å². The first-order valence-corrected chi connectivity index (χ1v) is 9.50. The van der Waals surface area contributed by atoms with Crippen LogP contribution in [0.25, 0.3) is 0 Å². The summed E-state index contributed by atoms with van der Waals surface area (Å²) in [5, 5.41) is 3.50. The van der Waals surface area contributed by atoms with Crippen LogP contribution >= 0.6 is 23.2 Å². The average molecular weight is 403 g/mol. The average Bonchev–Trinajstić information content (AvgIpc) is 2.68. The monoisotopic (exact) mass is 402 g/mol. The molecule has 3 aromatic rings. The summed E-state index contributed by atoms with van der Waals surface area (Å²) >= 11 is 12.1. The summed E-state index contributed by atoms with van der Waals surface area (Å²) in [6.07, 6.45) is 0. The molecule has 140 valence electrons. The standard InChI is InChI=1S/C22H21Cl2NO2/c1-26-20-9-5-16(6-10-20)13-25-14-17-3-2-4-21(11-17)27-15-18-7-8-19(23)12-22(18)24/h2-12,25H,13-15H2,1H3/p+1. The molecule has 0 atom stereocenters. The lowest BCUT2D eigenvalue weighted by molar-refractivity contribution is -0.686. The van der Waals surface area contributed by atoms with Crippen LogP contribution in [0, 0.1) is 0 Å². The zero-order valence-corrected chi connectivity index (χ0v) is 16.6. The summed E-state index contributed by atoms with van der Waals surface area (Å²) in [6, 6.07) is 21.7. The van der Waals surface area contributed by atoms with Gasteiger partial charge in [0, 0.05) is 26.7 Å². The van der Waals surface area contributed by atoms with E-state index in [1.807, 2.05) is 36.4 Å². The number of hydrogen-bond donors (Lipinski definition) is 1. The van der Waals surface area contributed by atoms with Crippen molar-refractivity contribution in [2.24, 2.45) is 0 Å². The van der Waals surface area contributed by atoms with Gasteiger partial charge in [-0.15, -0.1) is 0 Å². The quantitative estimate of drug-likeness (QED) is 0.584. The Hall–Kier alpha value is -2.20. The van der Waals surface area contributed by atoms with E-state index in [1.165, 1.54) is 11.1 Å². The summed E-state index contributed by atoms with van der Waals surface area (Å²) in [5.41, 5.74) is 3.39. The van der Waals surface area contributed by atoms with Crippen molar-refractivity contribution in [1.82, 2.24) is 0 Å². The Morgan fingerprint density at radius 3 is 2.33 bits per heavy atom. The van der Waals surface area contributed by atoms with E-state index in [0.29, 0.717) is 16.7 Å². The molecule has 5 heteroatoms. The second-order valence-electron chi connectivity index (χ2n) is 6.22. The van der Waals surface area contributed by atoms with Crippen molar-refractivity contribution >= 4 is 23.2 Å². The Kier molecular flexibility index (Phi) is 6.99. The van der Waals surface area contributed by atoms with Gasteiger partial charge in [-0.1, -0.05) is 41.4 Å². The van der Waals surface area contributed by atoms with Crippen LogP contribution in [0.2, 0.25) is 10.0 Å². The third-order valence-electron chi connectivity index (χ3n) is 4.23. The molecule has 0 amide bonds. The largest absolute Gasteiger partial charge is 0.497 e. The number of halogens is 2. The molecule has 0 aliphatic heterocycles. The highest BCUT2D eigenvalue weighted by Crippen LogP contribution is 2.23.